The van der Waals surface area contributed by atoms with Crippen molar-refractivity contribution in [2.45, 2.75) is 23.8 Å². The lowest BCUT2D eigenvalue weighted by atomic mass is 10.1. The lowest BCUT2D eigenvalue weighted by molar-refractivity contribution is 0.217. The first-order valence-electron chi connectivity index (χ1n) is 8.51. The van der Waals surface area contributed by atoms with E-state index in [1.807, 2.05) is 30.3 Å². The van der Waals surface area contributed by atoms with Gasteiger partial charge in [-0.05, 0) is 54.2 Å². The smallest absolute Gasteiger partial charge is 0.122 e. The minimum atomic E-state index is 0.229. The lowest BCUT2D eigenvalue weighted by Crippen LogP contribution is -2.21. The Balaban J connectivity index is 1.51. The van der Waals surface area contributed by atoms with Crippen molar-refractivity contribution in [3.63, 3.8) is 0 Å². The van der Waals surface area contributed by atoms with Crippen LogP contribution in [0.15, 0.2) is 54.6 Å². The third kappa shape index (κ3) is 4.42. The molecule has 128 valence electrons. The van der Waals surface area contributed by atoms with Crippen LogP contribution in [-0.4, -0.2) is 24.7 Å². The predicted molar refractivity (Wildman–Crippen MR) is 105 cm³/mol. The van der Waals surface area contributed by atoms with Gasteiger partial charge in [0.05, 0.1) is 4.08 Å². The van der Waals surface area contributed by atoms with E-state index in [1.54, 1.807) is 0 Å². The SMILES string of the molecule is CCC1(c2ccc(OCCOc3ccccc3)cc2)SCCCS1. The summed E-state index contributed by atoms with van der Waals surface area (Å²) in [5.74, 6) is 4.31. The summed E-state index contributed by atoms with van der Waals surface area (Å²) in [5, 5.41) is 0. The van der Waals surface area contributed by atoms with Gasteiger partial charge in [0.25, 0.3) is 0 Å². The van der Waals surface area contributed by atoms with Crippen molar-refractivity contribution in [3.05, 3.63) is 60.2 Å². The third-order valence-corrected chi connectivity index (χ3v) is 7.76. The van der Waals surface area contributed by atoms with Gasteiger partial charge >= 0.3 is 0 Å². The van der Waals surface area contributed by atoms with Crippen LogP contribution in [0.1, 0.15) is 25.3 Å². The molecule has 2 aromatic rings. The summed E-state index contributed by atoms with van der Waals surface area (Å²) in [5.41, 5.74) is 1.41. The molecule has 0 N–H and O–H groups in total. The molecule has 4 heteroatoms. The molecule has 0 spiro atoms. The zero-order valence-electron chi connectivity index (χ0n) is 14.1. The number of ether oxygens (including phenoxy) is 2. The van der Waals surface area contributed by atoms with Crippen molar-refractivity contribution < 1.29 is 9.47 Å². The average molecular weight is 361 g/mol. The monoisotopic (exact) mass is 360 g/mol. The fourth-order valence-electron chi connectivity index (χ4n) is 2.79. The Hall–Kier alpha value is -1.26. The molecule has 0 aromatic heterocycles. The van der Waals surface area contributed by atoms with E-state index >= 15 is 0 Å². The second-order valence-electron chi connectivity index (χ2n) is 5.69. The molecule has 1 fully saturated rings. The standard InChI is InChI=1S/C20H24O2S2/c1-2-20(23-15-6-16-24-20)17-9-11-19(12-10-17)22-14-13-21-18-7-4-3-5-8-18/h3-5,7-12H,2,6,13-16H2,1H3. The quantitative estimate of drug-likeness (QED) is 0.600. The van der Waals surface area contributed by atoms with E-state index < -0.39 is 0 Å². The number of thioether (sulfide) groups is 2. The second-order valence-corrected chi connectivity index (χ2v) is 8.74. The Kier molecular flexibility index (Phi) is 6.38. The van der Waals surface area contributed by atoms with Gasteiger partial charge in [0.15, 0.2) is 0 Å². The fourth-order valence-corrected chi connectivity index (χ4v) is 6.06. The van der Waals surface area contributed by atoms with E-state index in [-0.39, 0.29) is 4.08 Å². The maximum atomic E-state index is 5.80. The number of hydrogen-bond donors (Lipinski definition) is 0. The molecule has 0 bridgehead atoms. The highest BCUT2D eigenvalue weighted by atomic mass is 32.2. The summed E-state index contributed by atoms with van der Waals surface area (Å²) in [7, 11) is 0. The molecule has 0 saturated carbocycles. The van der Waals surface area contributed by atoms with Crippen LogP contribution in [0.25, 0.3) is 0 Å². The molecule has 0 radical (unpaired) electrons. The van der Waals surface area contributed by atoms with Crippen LogP contribution in [0.5, 0.6) is 11.5 Å². The van der Waals surface area contributed by atoms with E-state index in [0.717, 1.165) is 17.9 Å². The molecular weight excluding hydrogens is 336 g/mol. The topological polar surface area (TPSA) is 18.5 Å². The van der Waals surface area contributed by atoms with Crippen LogP contribution < -0.4 is 9.47 Å². The number of rotatable bonds is 7. The summed E-state index contributed by atoms with van der Waals surface area (Å²) >= 11 is 4.18. The van der Waals surface area contributed by atoms with Crippen LogP contribution in [0.4, 0.5) is 0 Å². The zero-order chi connectivity index (χ0) is 16.7. The van der Waals surface area contributed by atoms with Gasteiger partial charge in [-0.3, -0.25) is 0 Å². The normalized spacial score (nSPS) is 16.5. The zero-order valence-corrected chi connectivity index (χ0v) is 15.7. The Morgan fingerprint density at radius 3 is 2.00 bits per heavy atom. The molecule has 0 unspecified atom stereocenters. The van der Waals surface area contributed by atoms with E-state index in [2.05, 4.69) is 54.7 Å². The molecule has 1 aliphatic heterocycles. The Morgan fingerprint density at radius 2 is 1.42 bits per heavy atom. The maximum Gasteiger partial charge on any atom is 0.122 e. The molecule has 1 heterocycles. The first kappa shape index (κ1) is 17.6. The summed E-state index contributed by atoms with van der Waals surface area (Å²) < 4.78 is 11.7. The molecule has 3 rings (SSSR count). The number of para-hydroxylation sites is 1. The largest absolute Gasteiger partial charge is 0.490 e. The first-order chi connectivity index (χ1) is 11.8. The van der Waals surface area contributed by atoms with Crippen molar-refractivity contribution in [2.24, 2.45) is 0 Å². The summed E-state index contributed by atoms with van der Waals surface area (Å²) in [6.45, 7) is 3.39. The van der Waals surface area contributed by atoms with Gasteiger partial charge in [-0.2, -0.15) is 0 Å². The average Bonchev–Trinajstić information content (AvgIpc) is 2.67. The third-order valence-electron chi connectivity index (χ3n) is 4.08. The van der Waals surface area contributed by atoms with Gasteiger partial charge in [0, 0.05) is 0 Å². The van der Waals surface area contributed by atoms with Gasteiger partial charge in [-0.1, -0.05) is 37.3 Å². The number of benzene rings is 2. The first-order valence-corrected chi connectivity index (χ1v) is 10.5. The van der Waals surface area contributed by atoms with E-state index in [0.29, 0.717) is 13.2 Å². The number of hydrogen-bond acceptors (Lipinski definition) is 4. The van der Waals surface area contributed by atoms with Gasteiger partial charge in [0.1, 0.15) is 24.7 Å². The molecule has 1 saturated heterocycles. The molecule has 0 atom stereocenters. The van der Waals surface area contributed by atoms with Crippen molar-refractivity contribution in [1.82, 2.24) is 0 Å². The molecule has 2 nitrogen and oxygen atoms in total. The molecule has 0 amide bonds. The Bertz CT molecular complexity index is 607. The van der Waals surface area contributed by atoms with Gasteiger partial charge in [-0.15, -0.1) is 23.5 Å². The predicted octanol–water partition coefficient (Wildman–Crippen LogP) is 5.58. The summed E-state index contributed by atoms with van der Waals surface area (Å²) in [6, 6.07) is 18.5. The van der Waals surface area contributed by atoms with Crippen LogP contribution >= 0.6 is 23.5 Å². The lowest BCUT2D eigenvalue weighted by Gasteiger charge is -2.35. The van der Waals surface area contributed by atoms with Gasteiger partial charge in [0.2, 0.25) is 0 Å². The Morgan fingerprint density at radius 1 is 0.833 bits per heavy atom. The fraction of sp³-hybridized carbons (Fsp3) is 0.400. The Labute approximate surface area is 153 Å². The maximum absolute atomic E-state index is 5.80. The van der Waals surface area contributed by atoms with Crippen molar-refractivity contribution in [3.8, 4) is 11.5 Å². The minimum Gasteiger partial charge on any atom is -0.490 e. The van der Waals surface area contributed by atoms with Crippen molar-refractivity contribution in [1.29, 1.82) is 0 Å². The van der Waals surface area contributed by atoms with Crippen LogP contribution in [-0.2, 0) is 4.08 Å². The highest BCUT2D eigenvalue weighted by Gasteiger charge is 2.33. The highest BCUT2D eigenvalue weighted by molar-refractivity contribution is 8.18. The van der Waals surface area contributed by atoms with Crippen LogP contribution in [0.3, 0.4) is 0 Å². The van der Waals surface area contributed by atoms with E-state index in [1.165, 1.54) is 23.5 Å². The van der Waals surface area contributed by atoms with E-state index in [4.69, 9.17) is 9.47 Å². The van der Waals surface area contributed by atoms with Crippen molar-refractivity contribution in [2.75, 3.05) is 24.7 Å². The van der Waals surface area contributed by atoms with Crippen LogP contribution in [0.2, 0.25) is 0 Å². The van der Waals surface area contributed by atoms with Gasteiger partial charge < -0.3 is 9.47 Å². The highest BCUT2D eigenvalue weighted by Crippen LogP contribution is 2.52. The molecular formula is C20H24O2S2. The summed E-state index contributed by atoms with van der Waals surface area (Å²) in [6.07, 6.45) is 2.48. The van der Waals surface area contributed by atoms with Gasteiger partial charge in [-0.25, -0.2) is 0 Å². The van der Waals surface area contributed by atoms with Crippen molar-refractivity contribution >= 4 is 23.5 Å². The second kappa shape index (κ2) is 8.72. The van der Waals surface area contributed by atoms with E-state index in [9.17, 15) is 0 Å². The minimum absolute atomic E-state index is 0.229. The molecule has 24 heavy (non-hydrogen) atoms. The molecule has 0 aliphatic carbocycles. The molecule has 1 aliphatic rings. The molecule has 2 aromatic carbocycles. The van der Waals surface area contributed by atoms with Crippen LogP contribution in [0, 0.1) is 0 Å². The summed E-state index contributed by atoms with van der Waals surface area (Å²) in [4.78, 5) is 0.